The summed E-state index contributed by atoms with van der Waals surface area (Å²) in [5.41, 5.74) is 1.08. The average molecular weight is 287 g/mol. The van der Waals surface area contributed by atoms with Gasteiger partial charge in [-0.1, -0.05) is 26.0 Å². The molecule has 0 radical (unpaired) electrons. The summed E-state index contributed by atoms with van der Waals surface area (Å²) >= 11 is 0. The molecule has 1 aromatic carbocycles. The first-order valence-electron chi connectivity index (χ1n) is 7.06. The molecule has 21 heavy (non-hydrogen) atoms. The summed E-state index contributed by atoms with van der Waals surface area (Å²) in [4.78, 5) is 18.7. The van der Waals surface area contributed by atoms with Gasteiger partial charge in [-0.25, -0.2) is 4.98 Å². The van der Waals surface area contributed by atoms with Crippen LogP contribution in [-0.4, -0.2) is 23.6 Å². The molecule has 2 N–H and O–H groups in total. The second kappa shape index (κ2) is 6.92. The molecule has 0 amide bonds. The van der Waals surface area contributed by atoms with Crippen molar-refractivity contribution in [2.45, 2.75) is 26.2 Å². The molecular formula is C16H21N3O2. The molecule has 0 aliphatic carbocycles. The van der Waals surface area contributed by atoms with Crippen molar-refractivity contribution >= 4 is 5.82 Å². The van der Waals surface area contributed by atoms with Crippen molar-refractivity contribution in [3.8, 4) is 5.75 Å². The van der Waals surface area contributed by atoms with Crippen molar-refractivity contribution in [1.82, 2.24) is 9.97 Å². The third kappa shape index (κ3) is 4.34. The largest absolute Gasteiger partial charge is 0.497 e. The van der Waals surface area contributed by atoms with Gasteiger partial charge in [0.05, 0.1) is 7.11 Å². The Hall–Kier alpha value is -2.30. The van der Waals surface area contributed by atoms with E-state index in [2.05, 4.69) is 15.3 Å². The van der Waals surface area contributed by atoms with E-state index in [1.54, 1.807) is 7.11 Å². The molecule has 5 heteroatoms. The van der Waals surface area contributed by atoms with Crippen LogP contribution in [0.25, 0.3) is 0 Å². The Bertz CT molecular complexity index is 633. The average Bonchev–Trinajstić information content (AvgIpc) is 2.47. The van der Waals surface area contributed by atoms with E-state index in [4.69, 9.17) is 4.74 Å². The highest BCUT2D eigenvalue weighted by Crippen LogP contribution is 2.12. The number of aromatic amines is 1. The number of hydrogen-bond donors (Lipinski definition) is 2. The molecule has 0 aliphatic rings. The smallest absolute Gasteiger partial charge is 0.252 e. The van der Waals surface area contributed by atoms with Crippen molar-refractivity contribution in [2.75, 3.05) is 19.0 Å². The lowest BCUT2D eigenvalue weighted by atomic mass is 10.1. The maximum atomic E-state index is 11.6. The van der Waals surface area contributed by atoms with Crippen LogP contribution in [-0.2, 0) is 6.42 Å². The zero-order valence-corrected chi connectivity index (χ0v) is 12.6. The lowest BCUT2D eigenvalue weighted by Crippen LogP contribution is -2.15. The van der Waals surface area contributed by atoms with Crippen LogP contribution < -0.4 is 15.6 Å². The fourth-order valence-corrected chi connectivity index (χ4v) is 1.97. The lowest BCUT2D eigenvalue weighted by molar-refractivity contribution is 0.414. The summed E-state index contributed by atoms with van der Waals surface area (Å²) in [7, 11) is 1.65. The zero-order valence-electron chi connectivity index (χ0n) is 12.6. The number of nitrogens with zero attached hydrogens (tertiary/aromatic N) is 1. The van der Waals surface area contributed by atoms with Crippen LogP contribution in [0.1, 0.15) is 31.2 Å². The maximum Gasteiger partial charge on any atom is 0.252 e. The third-order valence-electron chi connectivity index (χ3n) is 3.19. The number of nitrogens with one attached hydrogen (secondary N) is 2. The lowest BCUT2D eigenvalue weighted by Gasteiger charge is -2.09. The van der Waals surface area contributed by atoms with Crippen molar-refractivity contribution in [3.05, 3.63) is 52.1 Å². The van der Waals surface area contributed by atoms with E-state index in [-0.39, 0.29) is 11.5 Å². The van der Waals surface area contributed by atoms with E-state index >= 15 is 0 Å². The standard InChI is InChI=1S/C16H21N3O2/c1-11(2)16-18-14(10-15(20)19-16)17-9-8-12-4-6-13(21-3)7-5-12/h4-7,10-11H,8-9H2,1-3H3,(H2,17,18,19,20). The molecule has 0 atom stereocenters. The van der Waals surface area contributed by atoms with E-state index in [1.807, 2.05) is 38.1 Å². The fourth-order valence-electron chi connectivity index (χ4n) is 1.97. The highest BCUT2D eigenvalue weighted by molar-refractivity contribution is 5.34. The van der Waals surface area contributed by atoms with Gasteiger partial charge in [-0.2, -0.15) is 0 Å². The van der Waals surface area contributed by atoms with E-state index in [0.717, 1.165) is 18.7 Å². The number of H-pyrrole nitrogens is 1. The van der Waals surface area contributed by atoms with Crippen LogP contribution in [0.3, 0.4) is 0 Å². The Morgan fingerprint density at radius 3 is 2.62 bits per heavy atom. The molecule has 0 fully saturated rings. The molecule has 1 heterocycles. The zero-order chi connectivity index (χ0) is 15.2. The molecule has 0 unspecified atom stereocenters. The van der Waals surface area contributed by atoms with Crippen molar-refractivity contribution in [1.29, 1.82) is 0 Å². The number of anilines is 1. The minimum Gasteiger partial charge on any atom is -0.497 e. The molecule has 0 saturated carbocycles. The minimum atomic E-state index is -0.124. The first kappa shape index (κ1) is 15.1. The van der Waals surface area contributed by atoms with Crippen molar-refractivity contribution in [3.63, 3.8) is 0 Å². The van der Waals surface area contributed by atoms with Crippen LogP contribution in [0, 0.1) is 0 Å². The molecule has 0 aliphatic heterocycles. The van der Waals surface area contributed by atoms with Gasteiger partial charge in [0.1, 0.15) is 17.4 Å². The Kier molecular flexibility index (Phi) is 4.98. The van der Waals surface area contributed by atoms with Gasteiger partial charge in [-0.05, 0) is 24.1 Å². The van der Waals surface area contributed by atoms with Crippen LogP contribution in [0.15, 0.2) is 35.1 Å². The second-order valence-electron chi connectivity index (χ2n) is 5.20. The van der Waals surface area contributed by atoms with Gasteiger partial charge >= 0.3 is 0 Å². The molecular weight excluding hydrogens is 266 g/mol. The van der Waals surface area contributed by atoms with Crippen LogP contribution in [0.4, 0.5) is 5.82 Å². The quantitative estimate of drug-likeness (QED) is 0.857. The highest BCUT2D eigenvalue weighted by atomic mass is 16.5. The van der Waals surface area contributed by atoms with Gasteiger partial charge in [0.2, 0.25) is 0 Å². The van der Waals surface area contributed by atoms with E-state index < -0.39 is 0 Å². The molecule has 2 rings (SSSR count). The molecule has 2 aromatic rings. The molecule has 0 saturated heterocycles. The summed E-state index contributed by atoms with van der Waals surface area (Å²) < 4.78 is 5.13. The number of ether oxygens (including phenoxy) is 1. The second-order valence-corrected chi connectivity index (χ2v) is 5.20. The topological polar surface area (TPSA) is 67.0 Å². The Morgan fingerprint density at radius 1 is 1.29 bits per heavy atom. The summed E-state index contributed by atoms with van der Waals surface area (Å²) in [5.74, 6) is 2.37. The Balaban J connectivity index is 1.95. The highest BCUT2D eigenvalue weighted by Gasteiger charge is 2.04. The Morgan fingerprint density at radius 2 is 2.00 bits per heavy atom. The van der Waals surface area contributed by atoms with Crippen molar-refractivity contribution < 1.29 is 4.74 Å². The van der Waals surface area contributed by atoms with Crippen LogP contribution in [0.5, 0.6) is 5.75 Å². The van der Waals surface area contributed by atoms with E-state index in [9.17, 15) is 4.79 Å². The molecule has 0 bridgehead atoms. The summed E-state index contributed by atoms with van der Waals surface area (Å²) in [5, 5.41) is 3.20. The molecule has 112 valence electrons. The number of methoxy groups -OCH3 is 1. The van der Waals surface area contributed by atoms with Gasteiger partial charge < -0.3 is 15.0 Å². The van der Waals surface area contributed by atoms with E-state index in [1.165, 1.54) is 11.6 Å². The van der Waals surface area contributed by atoms with Gasteiger partial charge in [0.15, 0.2) is 0 Å². The van der Waals surface area contributed by atoms with E-state index in [0.29, 0.717) is 11.6 Å². The number of benzene rings is 1. The first-order chi connectivity index (χ1) is 10.1. The summed E-state index contributed by atoms with van der Waals surface area (Å²) in [6.07, 6.45) is 0.857. The van der Waals surface area contributed by atoms with Crippen LogP contribution in [0.2, 0.25) is 0 Å². The third-order valence-corrected chi connectivity index (χ3v) is 3.19. The van der Waals surface area contributed by atoms with Gasteiger partial charge in [-0.15, -0.1) is 0 Å². The predicted octanol–water partition coefficient (Wildman–Crippen LogP) is 2.56. The van der Waals surface area contributed by atoms with Gasteiger partial charge in [0, 0.05) is 18.5 Å². The van der Waals surface area contributed by atoms with Gasteiger partial charge in [-0.3, -0.25) is 4.79 Å². The predicted molar refractivity (Wildman–Crippen MR) is 84.1 cm³/mol. The minimum absolute atomic E-state index is 0.124. The monoisotopic (exact) mass is 287 g/mol. The normalized spacial score (nSPS) is 10.7. The fraction of sp³-hybridized carbons (Fsp3) is 0.375. The molecule has 1 aromatic heterocycles. The van der Waals surface area contributed by atoms with Crippen molar-refractivity contribution in [2.24, 2.45) is 0 Å². The summed E-state index contributed by atoms with van der Waals surface area (Å²) in [6, 6.07) is 9.44. The maximum absolute atomic E-state index is 11.6. The number of aromatic nitrogens is 2. The van der Waals surface area contributed by atoms with Gasteiger partial charge in [0.25, 0.3) is 5.56 Å². The SMILES string of the molecule is COc1ccc(CCNc2cc(=O)[nH]c(C(C)C)n2)cc1. The molecule has 0 spiro atoms. The number of rotatable bonds is 6. The Labute approximate surface area is 124 Å². The number of hydrogen-bond acceptors (Lipinski definition) is 4. The summed E-state index contributed by atoms with van der Waals surface area (Å²) in [6.45, 7) is 4.72. The molecule has 5 nitrogen and oxygen atoms in total. The first-order valence-corrected chi connectivity index (χ1v) is 7.06. The van der Waals surface area contributed by atoms with Crippen LogP contribution >= 0.6 is 0 Å².